The van der Waals surface area contributed by atoms with E-state index < -0.39 is 5.97 Å². The normalized spacial score (nSPS) is 11.0. The van der Waals surface area contributed by atoms with Gasteiger partial charge in [0.1, 0.15) is 11.5 Å². The smallest absolute Gasteiger partial charge is 0.307 e. The molecule has 0 saturated carbocycles. The second kappa shape index (κ2) is 8.92. The maximum Gasteiger partial charge on any atom is 0.307 e. The number of carboxylic acid groups (broad SMARTS) is 1. The molecule has 0 unspecified atom stereocenters. The van der Waals surface area contributed by atoms with Gasteiger partial charge < -0.3 is 19.9 Å². The van der Waals surface area contributed by atoms with E-state index in [9.17, 15) is 9.90 Å². The quantitative estimate of drug-likeness (QED) is 0.257. The van der Waals surface area contributed by atoms with Crippen LogP contribution in [-0.4, -0.2) is 26.2 Å². The summed E-state index contributed by atoms with van der Waals surface area (Å²) in [5.41, 5.74) is 5.71. The van der Waals surface area contributed by atoms with E-state index in [0.29, 0.717) is 21.8 Å². The number of aliphatic carboxylic acids is 1. The van der Waals surface area contributed by atoms with Crippen LogP contribution in [0.2, 0.25) is 5.02 Å². The molecule has 0 fully saturated rings. The number of benzene rings is 4. The molecule has 168 valence electrons. The Kier molecular flexibility index (Phi) is 5.65. The Bertz CT molecular complexity index is 1500. The summed E-state index contributed by atoms with van der Waals surface area (Å²) in [5, 5.41) is 19.4. The Labute approximate surface area is 200 Å². The summed E-state index contributed by atoms with van der Waals surface area (Å²) in [7, 11) is 0. The van der Waals surface area contributed by atoms with Crippen LogP contribution < -0.4 is 4.74 Å². The van der Waals surface area contributed by atoms with Gasteiger partial charge in [0.15, 0.2) is 0 Å². The van der Waals surface area contributed by atoms with Crippen molar-refractivity contribution < 1.29 is 19.7 Å². The number of ether oxygens (including phenoxy) is 1. The molecule has 0 spiro atoms. The number of phenols is 1. The van der Waals surface area contributed by atoms with Crippen molar-refractivity contribution in [2.75, 3.05) is 0 Å². The molecule has 5 rings (SSSR count). The average Bonchev–Trinajstić information content (AvgIpc) is 3.22. The summed E-state index contributed by atoms with van der Waals surface area (Å²) in [6.45, 7) is 0. The van der Waals surface area contributed by atoms with E-state index in [4.69, 9.17) is 21.4 Å². The molecule has 0 aliphatic rings. The van der Waals surface area contributed by atoms with Crippen LogP contribution in [0, 0.1) is 0 Å². The number of carbonyl (C=O) groups is 1. The third-order valence-electron chi connectivity index (χ3n) is 5.46. The molecule has 0 atom stereocenters. The van der Waals surface area contributed by atoms with E-state index in [0.717, 1.165) is 22.3 Å². The number of nitrogens with zero attached hydrogens (tertiary/aromatic N) is 1. The van der Waals surface area contributed by atoms with Crippen LogP contribution in [0.5, 0.6) is 17.5 Å². The van der Waals surface area contributed by atoms with Crippen molar-refractivity contribution in [2.45, 2.75) is 6.42 Å². The van der Waals surface area contributed by atoms with Crippen molar-refractivity contribution in [3.63, 3.8) is 0 Å². The maximum absolute atomic E-state index is 11.0. The average molecular weight is 471 g/mol. The number of nitrogens with one attached hydrogen (secondary N) is 1. The number of H-pyrrole nitrogens is 1. The summed E-state index contributed by atoms with van der Waals surface area (Å²) in [5.74, 6) is -0.792. The minimum Gasteiger partial charge on any atom is -0.508 e. The van der Waals surface area contributed by atoms with Crippen LogP contribution in [0.4, 0.5) is 0 Å². The molecule has 0 bridgehead atoms. The number of hydrogen-bond donors (Lipinski definition) is 3. The van der Waals surface area contributed by atoms with Crippen LogP contribution >= 0.6 is 11.6 Å². The summed E-state index contributed by atoms with van der Waals surface area (Å²) in [6.07, 6.45) is -0.314. The molecule has 34 heavy (non-hydrogen) atoms. The van der Waals surface area contributed by atoms with E-state index >= 15 is 0 Å². The van der Waals surface area contributed by atoms with Crippen molar-refractivity contribution in [1.29, 1.82) is 0 Å². The zero-order chi connectivity index (χ0) is 23.7. The molecule has 7 heteroatoms. The van der Waals surface area contributed by atoms with Crippen molar-refractivity contribution in [3.05, 3.63) is 95.5 Å². The fraction of sp³-hybridized carbons (Fsp3) is 0.0370. The van der Waals surface area contributed by atoms with Crippen molar-refractivity contribution in [1.82, 2.24) is 9.97 Å². The largest absolute Gasteiger partial charge is 0.508 e. The zero-order valence-corrected chi connectivity index (χ0v) is 18.6. The monoisotopic (exact) mass is 470 g/mol. The molecule has 5 aromatic rings. The highest BCUT2D eigenvalue weighted by atomic mass is 35.5. The summed E-state index contributed by atoms with van der Waals surface area (Å²) < 4.78 is 5.78. The Hall–Kier alpha value is -4.29. The lowest BCUT2D eigenvalue weighted by Crippen LogP contribution is -2.00. The van der Waals surface area contributed by atoms with Gasteiger partial charge in [0.05, 0.1) is 22.5 Å². The number of halogens is 1. The van der Waals surface area contributed by atoms with Crippen molar-refractivity contribution >= 4 is 28.6 Å². The topological polar surface area (TPSA) is 95.4 Å². The van der Waals surface area contributed by atoms with Gasteiger partial charge in [-0.25, -0.2) is 0 Å². The van der Waals surface area contributed by atoms with Gasteiger partial charge in [-0.15, -0.1) is 0 Å². The first-order valence-electron chi connectivity index (χ1n) is 10.5. The van der Waals surface area contributed by atoms with E-state index in [2.05, 4.69) is 34.2 Å². The Balaban J connectivity index is 1.43. The predicted molar refractivity (Wildman–Crippen MR) is 131 cm³/mol. The van der Waals surface area contributed by atoms with Gasteiger partial charge in [0.25, 0.3) is 6.01 Å². The van der Waals surface area contributed by atoms with E-state index in [1.54, 1.807) is 12.1 Å². The molecular weight excluding hydrogens is 452 g/mol. The minimum absolute atomic E-state index is 0.103. The SMILES string of the molecule is O=C(O)Cc1cc(Oc2nc3cc(-c4ccc(-c5ccccc5)cc4)c(Cl)cc3[nH]2)ccc1O. The molecule has 1 aromatic heterocycles. The van der Waals surface area contributed by atoms with Crippen LogP contribution in [0.1, 0.15) is 5.56 Å². The standard InChI is InChI=1S/C27H19ClN2O4/c28-22-15-24-23(14-21(22)18-8-6-17(7-9-18)16-4-2-1-3-5-16)29-27(30-24)34-20-10-11-25(31)19(12-20)13-26(32)33/h1-12,14-15,31H,13H2,(H,29,30)(H,32,33). The summed E-state index contributed by atoms with van der Waals surface area (Å²) >= 11 is 6.58. The molecular formula is C27H19ClN2O4. The summed E-state index contributed by atoms with van der Waals surface area (Å²) in [6, 6.07) is 26.7. The van der Waals surface area contributed by atoms with E-state index in [-0.39, 0.29) is 23.7 Å². The molecule has 6 nitrogen and oxygen atoms in total. The van der Waals surface area contributed by atoms with Gasteiger partial charge in [-0.1, -0.05) is 66.2 Å². The third kappa shape index (κ3) is 4.44. The fourth-order valence-corrected chi connectivity index (χ4v) is 4.06. The van der Waals surface area contributed by atoms with E-state index in [1.807, 2.05) is 36.4 Å². The number of imidazole rings is 1. The van der Waals surface area contributed by atoms with Gasteiger partial charge in [-0.2, -0.15) is 4.98 Å². The Morgan fingerprint density at radius 3 is 2.35 bits per heavy atom. The Morgan fingerprint density at radius 1 is 0.912 bits per heavy atom. The van der Waals surface area contributed by atoms with Gasteiger partial charge in [0.2, 0.25) is 0 Å². The van der Waals surface area contributed by atoms with E-state index in [1.165, 1.54) is 12.1 Å². The highest BCUT2D eigenvalue weighted by molar-refractivity contribution is 6.34. The second-order valence-electron chi connectivity index (χ2n) is 7.80. The first-order valence-corrected chi connectivity index (χ1v) is 10.9. The first-order chi connectivity index (χ1) is 16.5. The lowest BCUT2D eigenvalue weighted by Gasteiger charge is -2.07. The number of fused-ring (bicyclic) bond motifs is 1. The lowest BCUT2D eigenvalue weighted by molar-refractivity contribution is -0.136. The highest BCUT2D eigenvalue weighted by Crippen LogP contribution is 2.34. The molecule has 4 aromatic carbocycles. The molecule has 3 N–H and O–H groups in total. The van der Waals surface area contributed by atoms with Gasteiger partial charge in [-0.05, 0) is 47.0 Å². The number of phenolic OH excluding ortho intramolecular Hbond substituents is 1. The van der Waals surface area contributed by atoms with Gasteiger partial charge in [0, 0.05) is 11.1 Å². The first kappa shape index (κ1) is 21.6. The molecule has 0 amide bonds. The van der Waals surface area contributed by atoms with Crippen LogP contribution in [0.3, 0.4) is 0 Å². The predicted octanol–water partition coefficient (Wildman–Crippen LogP) is 6.68. The molecule has 0 saturated heterocycles. The number of carboxylic acids is 1. The second-order valence-corrected chi connectivity index (χ2v) is 8.20. The van der Waals surface area contributed by atoms with Crippen molar-refractivity contribution in [3.8, 4) is 39.8 Å². The zero-order valence-electron chi connectivity index (χ0n) is 17.8. The number of rotatable bonds is 6. The number of aromatic nitrogens is 2. The molecule has 0 aliphatic carbocycles. The molecule has 0 aliphatic heterocycles. The number of hydrogen-bond acceptors (Lipinski definition) is 4. The van der Waals surface area contributed by atoms with Crippen molar-refractivity contribution in [2.24, 2.45) is 0 Å². The minimum atomic E-state index is -1.05. The summed E-state index contributed by atoms with van der Waals surface area (Å²) in [4.78, 5) is 18.6. The lowest BCUT2D eigenvalue weighted by atomic mass is 10.00. The number of aromatic hydroxyl groups is 1. The van der Waals surface area contributed by atoms with Crippen LogP contribution in [0.15, 0.2) is 84.9 Å². The van der Waals surface area contributed by atoms with Gasteiger partial charge >= 0.3 is 5.97 Å². The third-order valence-corrected chi connectivity index (χ3v) is 5.77. The Morgan fingerprint density at radius 2 is 1.62 bits per heavy atom. The molecule has 1 heterocycles. The number of aromatic amines is 1. The molecule has 0 radical (unpaired) electrons. The van der Waals surface area contributed by atoms with Gasteiger partial charge in [-0.3, -0.25) is 4.79 Å². The van der Waals surface area contributed by atoms with Crippen LogP contribution in [-0.2, 0) is 11.2 Å². The maximum atomic E-state index is 11.0. The van der Waals surface area contributed by atoms with Crippen LogP contribution in [0.25, 0.3) is 33.3 Å². The highest BCUT2D eigenvalue weighted by Gasteiger charge is 2.13. The fourth-order valence-electron chi connectivity index (χ4n) is 3.79.